The highest BCUT2D eigenvalue weighted by Crippen LogP contribution is 2.47. The Hall–Kier alpha value is 0.110. The number of hydrogen-bond donors (Lipinski definition) is 1. The third-order valence-electron chi connectivity index (χ3n) is 3.74. The maximum absolute atomic E-state index is 6.18. The van der Waals surface area contributed by atoms with Gasteiger partial charge in [-0.2, -0.15) is 11.8 Å². The van der Waals surface area contributed by atoms with Gasteiger partial charge in [-0.3, -0.25) is 0 Å². The third kappa shape index (κ3) is 3.60. The molecule has 1 heterocycles. The van der Waals surface area contributed by atoms with Crippen LogP contribution in [0.3, 0.4) is 0 Å². The Morgan fingerprint density at radius 1 is 1.37 bits per heavy atom. The van der Waals surface area contributed by atoms with E-state index in [1.807, 2.05) is 12.1 Å². The van der Waals surface area contributed by atoms with E-state index in [2.05, 4.69) is 37.0 Å². The first-order chi connectivity index (χ1) is 9.07. The van der Waals surface area contributed by atoms with Crippen LogP contribution in [0.1, 0.15) is 44.7 Å². The van der Waals surface area contributed by atoms with E-state index in [1.165, 1.54) is 24.2 Å². The zero-order valence-corrected chi connectivity index (χ0v) is 13.8. The highest BCUT2D eigenvalue weighted by Gasteiger charge is 2.38. The molecule has 1 nitrogen and oxygen atoms in total. The Kier molecular flexibility index (Phi) is 5.47. The minimum atomic E-state index is 0.256. The first kappa shape index (κ1) is 15.5. The molecule has 1 saturated heterocycles. The van der Waals surface area contributed by atoms with Gasteiger partial charge in [0.15, 0.2) is 0 Å². The molecule has 2 rings (SSSR count). The summed E-state index contributed by atoms with van der Waals surface area (Å²) in [7, 11) is 0. The van der Waals surface area contributed by atoms with Crippen LogP contribution in [0, 0.1) is 0 Å². The summed E-state index contributed by atoms with van der Waals surface area (Å²) < 4.78 is 0.256. The quantitative estimate of drug-likeness (QED) is 0.788. The molecule has 1 aromatic carbocycles. The summed E-state index contributed by atoms with van der Waals surface area (Å²) in [4.78, 5) is 0. The summed E-state index contributed by atoms with van der Waals surface area (Å²) in [6, 6.07) is 6.37. The Bertz CT molecular complexity index is 430. The minimum Gasteiger partial charge on any atom is -0.309 e. The van der Waals surface area contributed by atoms with Crippen molar-refractivity contribution in [3.63, 3.8) is 0 Å². The minimum absolute atomic E-state index is 0.256. The van der Waals surface area contributed by atoms with E-state index in [9.17, 15) is 0 Å². The molecule has 1 aromatic rings. The molecule has 0 saturated carbocycles. The number of halogens is 2. The molecule has 2 atom stereocenters. The van der Waals surface area contributed by atoms with Crippen molar-refractivity contribution in [3.8, 4) is 0 Å². The van der Waals surface area contributed by atoms with Crippen molar-refractivity contribution < 1.29 is 0 Å². The van der Waals surface area contributed by atoms with E-state index in [1.54, 1.807) is 0 Å². The SMILES string of the molecule is CCCNC(c1ccc(Cl)c(Cl)c1)C1(C)CCCS1. The lowest BCUT2D eigenvalue weighted by Crippen LogP contribution is -2.38. The highest BCUT2D eigenvalue weighted by molar-refractivity contribution is 8.00. The van der Waals surface area contributed by atoms with Gasteiger partial charge in [-0.15, -0.1) is 0 Å². The number of nitrogens with one attached hydrogen (secondary N) is 1. The Balaban J connectivity index is 2.28. The van der Waals surface area contributed by atoms with Gasteiger partial charge in [-0.25, -0.2) is 0 Å². The zero-order chi connectivity index (χ0) is 13.9. The lowest BCUT2D eigenvalue weighted by molar-refractivity contribution is 0.413. The van der Waals surface area contributed by atoms with Crippen molar-refractivity contribution in [2.24, 2.45) is 0 Å². The summed E-state index contributed by atoms with van der Waals surface area (Å²) in [5, 5.41) is 4.97. The van der Waals surface area contributed by atoms with Crippen molar-refractivity contribution in [1.82, 2.24) is 5.32 Å². The molecule has 19 heavy (non-hydrogen) atoms. The second-order valence-corrected chi connectivity index (χ2v) is 7.77. The first-order valence-electron chi connectivity index (χ1n) is 6.89. The van der Waals surface area contributed by atoms with Gasteiger partial charge in [-0.05, 0) is 56.2 Å². The molecule has 1 N–H and O–H groups in total. The summed E-state index contributed by atoms with van der Waals surface area (Å²) in [5.41, 5.74) is 1.25. The van der Waals surface area contributed by atoms with Crippen molar-refractivity contribution in [2.45, 2.75) is 43.9 Å². The largest absolute Gasteiger partial charge is 0.309 e. The Morgan fingerprint density at radius 3 is 2.74 bits per heavy atom. The third-order valence-corrected chi connectivity index (χ3v) is 6.07. The van der Waals surface area contributed by atoms with Crippen LogP contribution in [0.25, 0.3) is 0 Å². The predicted molar refractivity (Wildman–Crippen MR) is 87.6 cm³/mol. The van der Waals surface area contributed by atoms with E-state index in [4.69, 9.17) is 23.2 Å². The summed E-state index contributed by atoms with van der Waals surface area (Å²) >= 11 is 14.3. The molecule has 1 aliphatic rings. The maximum atomic E-state index is 6.18. The van der Waals surface area contributed by atoms with E-state index >= 15 is 0 Å². The molecule has 0 radical (unpaired) electrons. The second-order valence-electron chi connectivity index (χ2n) is 5.33. The lowest BCUT2D eigenvalue weighted by Gasteiger charge is -2.34. The first-order valence-corrected chi connectivity index (χ1v) is 8.63. The molecule has 2 unspecified atom stereocenters. The summed E-state index contributed by atoms with van der Waals surface area (Å²) in [6.07, 6.45) is 3.69. The average Bonchev–Trinajstić information content (AvgIpc) is 2.82. The molecule has 0 bridgehead atoms. The fraction of sp³-hybridized carbons (Fsp3) is 0.600. The lowest BCUT2D eigenvalue weighted by atomic mass is 9.90. The van der Waals surface area contributed by atoms with Gasteiger partial charge < -0.3 is 5.32 Å². The molecule has 1 fully saturated rings. The normalized spacial score (nSPS) is 24.6. The number of thioether (sulfide) groups is 1. The number of rotatable bonds is 5. The van der Waals surface area contributed by atoms with Crippen LogP contribution in [-0.4, -0.2) is 17.0 Å². The van der Waals surface area contributed by atoms with Gasteiger partial charge in [0.2, 0.25) is 0 Å². The fourth-order valence-electron chi connectivity index (χ4n) is 2.70. The van der Waals surface area contributed by atoms with E-state index < -0.39 is 0 Å². The van der Waals surface area contributed by atoms with Gasteiger partial charge in [0.1, 0.15) is 0 Å². The van der Waals surface area contributed by atoms with Gasteiger partial charge in [0.05, 0.1) is 10.0 Å². The van der Waals surface area contributed by atoms with E-state index in [0.29, 0.717) is 16.1 Å². The van der Waals surface area contributed by atoms with Crippen molar-refractivity contribution in [2.75, 3.05) is 12.3 Å². The maximum Gasteiger partial charge on any atom is 0.0595 e. The standard InChI is InChI=1S/C15H21Cl2NS/c1-3-8-18-14(15(2)7-4-9-19-15)11-5-6-12(16)13(17)10-11/h5-6,10,14,18H,3-4,7-9H2,1-2H3. The van der Waals surface area contributed by atoms with E-state index in [-0.39, 0.29) is 4.75 Å². The average molecular weight is 318 g/mol. The molecular weight excluding hydrogens is 297 g/mol. The number of hydrogen-bond acceptors (Lipinski definition) is 2. The van der Waals surface area contributed by atoms with Gasteiger partial charge in [-0.1, -0.05) is 36.2 Å². The van der Waals surface area contributed by atoms with Crippen LogP contribution in [0.5, 0.6) is 0 Å². The van der Waals surface area contributed by atoms with Crippen LogP contribution < -0.4 is 5.32 Å². The van der Waals surface area contributed by atoms with Crippen LogP contribution in [0.2, 0.25) is 10.0 Å². The predicted octanol–water partition coefficient (Wildman–Crippen LogP) is 5.32. The zero-order valence-electron chi connectivity index (χ0n) is 11.5. The topological polar surface area (TPSA) is 12.0 Å². The van der Waals surface area contributed by atoms with Crippen molar-refractivity contribution in [1.29, 1.82) is 0 Å². The fourth-order valence-corrected chi connectivity index (χ4v) is 4.43. The molecule has 1 aliphatic heterocycles. The van der Waals surface area contributed by atoms with Gasteiger partial charge in [0.25, 0.3) is 0 Å². The molecule has 4 heteroatoms. The van der Waals surface area contributed by atoms with Gasteiger partial charge in [0, 0.05) is 10.8 Å². The smallest absolute Gasteiger partial charge is 0.0595 e. The highest BCUT2D eigenvalue weighted by atomic mass is 35.5. The monoisotopic (exact) mass is 317 g/mol. The van der Waals surface area contributed by atoms with Crippen LogP contribution in [0.15, 0.2) is 18.2 Å². The van der Waals surface area contributed by atoms with Crippen LogP contribution in [0.4, 0.5) is 0 Å². The van der Waals surface area contributed by atoms with Gasteiger partial charge >= 0.3 is 0 Å². The second kappa shape index (κ2) is 6.71. The van der Waals surface area contributed by atoms with E-state index in [0.717, 1.165) is 13.0 Å². The number of benzene rings is 1. The summed E-state index contributed by atoms with van der Waals surface area (Å²) in [6.45, 7) is 5.59. The molecule has 106 valence electrons. The summed E-state index contributed by atoms with van der Waals surface area (Å²) in [5.74, 6) is 1.25. The van der Waals surface area contributed by atoms with Crippen molar-refractivity contribution >= 4 is 35.0 Å². The molecule has 0 spiro atoms. The molecular formula is C15H21Cl2NS. The molecule has 0 aromatic heterocycles. The molecule has 0 amide bonds. The molecule has 0 aliphatic carbocycles. The Labute approximate surface area is 130 Å². The van der Waals surface area contributed by atoms with Crippen LogP contribution >= 0.6 is 35.0 Å². The Morgan fingerprint density at radius 2 is 2.16 bits per heavy atom. The van der Waals surface area contributed by atoms with Crippen LogP contribution in [-0.2, 0) is 0 Å². The van der Waals surface area contributed by atoms with Crippen molar-refractivity contribution in [3.05, 3.63) is 33.8 Å².